The number of nitrogens with zero attached hydrogens (tertiary/aromatic N) is 1. The molecule has 0 saturated carbocycles. The highest BCUT2D eigenvalue weighted by atomic mass is 16.4. The van der Waals surface area contributed by atoms with Crippen LogP contribution in [-0.4, -0.2) is 53.6 Å². The number of piperidine rings is 1. The second kappa shape index (κ2) is 6.96. The third-order valence-corrected chi connectivity index (χ3v) is 3.14. The number of carbonyl (C=O) groups is 3. The standard InChI is InChI=1S/C12H21N3O4/c1-3-13-10(16)8(2)14-12(19)15-6-4-5-9(7-15)11(17)18/h8-9H,3-7H2,1-2H3,(H,13,16)(H,14,19)(H,17,18). The molecule has 0 aromatic heterocycles. The number of hydrogen-bond donors (Lipinski definition) is 3. The molecule has 0 aliphatic carbocycles. The molecule has 1 saturated heterocycles. The molecular weight excluding hydrogens is 250 g/mol. The minimum absolute atomic E-state index is 0.198. The maximum Gasteiger partial charge on any atom is 0.318 e. The van der Waals surface area contributed by atoms with Crippen LogP contribution in [0.1, 0.15) is 26.7 Å². The molecule has 2 unspecified atom stereocenters. The highest BCUT2D eigenvalue weighted by molar-refractivity contribution is 5.86. The Morgan fingerprint density at radius 2 is 2.11 bits per heavy atom. The zero-order chi connectivity index (χ0) is 14.4. The lowest BCUT2D eigenvalue weighted by Crippen LogP contribution is -2.52. The highest BCUT2D eigenvalue weighted by Crippen LogP contribution is 2.16. The van der Waals surface area contributed by atoms with E-state index in [0.29, 0.717) is 25.9 Å². The van der Waals surface area contributed by atoms with Crippen LogP contribution in [0.5, 0.6) is 0 Å². The van der Waals surface area contributed by atoms with Gasteiger partial charge in [0.25, 0.3) is 0 Å². The number of urea groups is 1. The Bertz CT molecular complexity index is 359. The van der Waals surface area contributed by atoms with Gasteiger partial charge in [-0.05, 0) is 26.7 Å². The first kappa shape index (κ1) is 15.3. The largest absolute Gasteiger partial charge is 0.481 e. The Morgan fingerprint density at radius 1 is 1.42 bits per heavy atom. The number of aliphatic carboxylic acids is 1. The second-order valence-corrected chi connectivity index (χ2v) is 4.69. The molecule has 7 nitrogen and oxygen atoms in total. The number of nitrogens with one attached hydrogen (secondary N) is 2. The lowest BCUT2D eigenvalue weighted by atomic mass is 9.99. The summed E-state index contributed by atoms with van der Waals surface area (Å²) in [5.41, 5.74) is 0. The van der Waals surface area contributed by atoms with Crippen molar-refractivity contribution in [2.75, 3.05) is 19.6 Å². The first-order valence-corrected chi connectivity index (χ1v) is 6.51. The summed E-state index contributed by atoms with van der Waals surface area (Å²) in [5.74, 6) is -1.64. The third kappa shape index (κ3) is 4.42. The number of carboxylic acids is 1. The van der Waals surface area contributed by atoms with E-state index in [-0.39, 0.29) is 18.5 Å². The Morgan fingerprint density at radius 3 is 2.68 bits per heavy atom. The molecular formula is C12H21N3O4. The summed E-state index contributed by atoms with van der Waals surface area (Å²) in [6, 6.07) is -1.01. The monoisotopic (exact) mass is 271 g/mol. The number of amides is 3. The zero-order valence-electron chi connectivity index (χ0n) is 11.3. The first-order chi connectivity index (χ1) is 8.95. The molecule has 0 aromatic rings. The van der Waals surface area contributed by atoms with Crippen LogP contribution in [0, 0.1) is 5.92 Å². The lowest BCUT2D eigenvalue weighted by molar-refractivity contribution is -0.143. The molecule has 1 rings (SSSR count). The van der Waals surface area contributed by atoms with Crippen molar-refractivity contribution in [1.82, 2.24) is 15.5 Å². The molecule has 1 aliphatic rings. The van der Waals surface area contributed by atoms with E-state index in [9.17, 15) is 14.4 Å². The fraction of sp³-hybridized carbons (Fsp3) is 0.750. The summed E-state index contributed by atoms with van der Waals surface area (Å²) in [7, 11) is 0. The van der Waals surface area contributed by atoms with E-state index in [4.69, 9.17) is 5.11 Å². The minimum Gasteiger partial charge on any atom is -0.481 e. The number of likely N-dealkylation sites (tertiary alicyclic amines) is 1. The number of rotatable bonds is 4. The molecule has 1 fully saturated rings. The molecule has 0 radical (unpaired) electrons. The van der Waals surface area contributed by atoms with Crippen molar-refractivity contribution in [3.63, 3.8) is 0 Å². The van der Waals surface area contributed by atoms with Gasteiger partial charge in [0, 0.05) is 19.6 Å². The molecule has 19 heavy (non-hydrogen) atoms. The molecule has 0 spiro atoms. The molecule has 3 N–H and O–H groups in total. The van der Waals surface area contributed by atoms with Crippen molar-refractivity contribution in [1.29, 1.82) is 0 Å². The summed E-state index contributed by atoms with van der Waals surface area (Å²) in [4.78, 5) is 35.8. The minimum atomic E-state index is -0.880. The summed E-state index contributed by atoms with van der Waals surface area (Å²) >= 11 is 0. The Balaban J connectivity index is 2.48. The van der Waals surface area contributed by atoms with Crippen molar-refractivity contribution in [3.05, 3.63) is 0 Å². The van der Waals surface area contributed by atoms with Crippen molar-refractivity contribution in [2.45, 2.75) is 32.7 Å². The average Bonchev–Trinajstić information content (AvgIpc) is 2.39. The third-order valence-electron chi connectivity index (χ3n) is 3.14. The van der Waals surface area contributed by atoms with Gasteiger partial charge in [-0.2, -0.15) is 0 Å². The fourth-order valence-electron chi connectivity index (χ4n) is 2.03. The van der Waals surface area contributed by atoms with Gasteiger partial charge in [-0.15, -0.1) is 0 Å². The van der Waals surface area contributed by atoms with Crippen LogP contribution in [-0.2, 0) is 9.59 Å². The predicted octanol–water partition coefficient (Wildman–Crippen LogP) is 0.0172. The van der Waals surface area contributed by atoms with Crippen LogP contribution in [0.3, 0.4) is 0 Å². The van der Waals surface area contributed by atoms with Gasteiger partial charge in [-0.25, -0.2) is 4.79 Å². The van der Waals surface area contributed by atoms with Gasteiger partial charge in [0.05, 0.1) is 5.92 Å². The van der Waals surface area contributed by atoms with Crippen LogP contribution in [0.4, 0.5) is 4.79 Å². The zero-order valence-corrected chi connectivity index (χ0v) is 11.3. The number of hydrogen-bond acceptors (Lipinski definition) is 3. The smallest absolute Gasteiger partial charge is 0.318 e. The Hall–Kier alpha value is -1.79. The average molecular weight is 271 g/mol. The molecule has 2 atom stereocenters. The maximum atomic E-state index is 11.9. The number of carboxylic acid groups (broad SMARTS) is 1. The summed E-state index contributed by atoms with van der Waals surface area (Å²) < 4.78 is 0. The Kier molecular flexibility index (Phi) is 5.59. The van der Waals surface area contributed by atoms with Gasteiger partial charge in [0.2, 0.25) is 5.91 Å². The fourth-order valence-corrected chi connectivity index (χ4v) is 2.03. The SMILES string of the molecule is CCNC(=O)C(C)NC(=O)N1CCCC(C(=O)O)C1. The maximum absolute atomic E-state index is 11.9. The van der Waals surface area contributed by atoms with Crippen LogP contribution >= 0.6 is 0 Å². The van der Waals surface area contributed by atoms with E-state index in [1.54, 1.807) is 13.8 Å². The van der Waals surface area contributed by atoms with Crippen molar-refractivity contribution >= 4 is 17.9 Å². The first-order valence-electron chi connectivity index (χ1n) is 6.51. The molecule has 0 bridgehead atoms. The van der Waals surface area contributed by atoms with Crippen LogP contribution in [0.25, 0.3) is 0 Å². The van der Waals surface area contributed by atoms with Crippen molar-refractivity contribution in [3.8, 4) is 0 Å². The molecule has 1 heterocycles. The van der Waals surface area contributed by atoms with Gasteiger partial charge >= 0.3 is 12.0 Å². The van der Waals surface area contributed by atoms with Gasteiger partial charge in [-0.3, -0.25) is 9.59 Å². The summed E-state index contributed by atoms with van der Waals surface area (Å²) in [6.45, 7) is 4.63. The van der Waals surface area contributed by atoms with Crippen LogP contribution in [0.2, 0.25) is 0 Å². The van der Waals surface area contributed by atoms with E-state index in [2.05, 4.69) is 10.6 Å². The van der Waals surface area contributed by atoms with Gasteiger partial charge in [0.1, 0.15) is 6.04 Å². The van der Waals surface area contributed by atoms with E-state index in [0.717, 1.165) is 0 Å². The number of likely N-dealkylation sites (N-methyl/N-ethyl adjacent to an activating group) is 1. The quantitative estimate of drug-likeness (QED) is 0.671. The molecule has 1 aliphatic heterocycles. The number of carbonyl (C=O) groups excluding carboxylic acids is 2. The normalized spacial score (nSPS) is 20.5. The van der Waals surface area contributed by atoms with E-state index >= 15 is 0 Å². The predicted molar refractivity (Wildman–Crippen MR) is 68.6 cm³/mol. The van der Waals surface area contributed by atoms with Crippen molar-refractivity contribution in [2.24, 2.45) is 5.92 Å². The van der Waals surface area contributed by atoms with Gasteiger partial charge in [0.15, 0.2) is 0 Å². The van der Waals surface area contributed by atoms with Crippen molar-refractivity contribution < 1.29 is 19.5 Å². The van der Waals surface area contributed by atoms with E-state index < -0.39 is 17.9 Å². The molecule has 0 aromatic carbocycles. The molecule has 3 amide bonds. The highest BCUT2D eigenvalue weighted by Gasteiger charge is 2.29. The lowest BCUT2D eigenvalue weighted by Gasteiger charge is -2.31. The summed E-state index contributed by atoms with van der Waals surface area (Å²) in [5, 5.41) is 14.1. The van der Waals surface area contributed by atoms with E-state index in [1.807, 2.05) is 0 Å². The topological polar surface area (TPSA) is 98.7 Å². The van der Waals surface area contributed by atoms with E-state index in [1.165, 1.54) is 4.90 Å². The van der Waals surface area contributed by atoms with Crippen LogP contribution in [0.15, 0.2) is 0 Å². The van der Waals surface area contributed by atoms with Crippen LogP contribution < -0.4 is 10.6 Å². The molecule has 7 heteroatoms. The van der Waals surface area contributed by atoms with Gasteiger partial charge in [-0.1, -0.05) is 0 Å². The Labute approximate surface area is 112 Å². The second-order valence-electron chi connectivity index (χ2n) is 4.69. The van der Waals surface area contributed by atoms with Gasteiger partial charge < -0.3 is 20.6 Å². The summed E-state index contributed by atoms with van der Waals surface area (Å²) in [6.07, 6.45) is 1.25. The molecule has 108 valence electrons.